The van der Waals surface area contributed by atoms with Crippen molar-refractivity contribution >= 4 is 5.97 Å². The minimum Gasteiger partial charge on any atom is -0.480 e. The first-order valence-electron chi connectivity index (χ1n) is 5.13. The molecule has 0 saturated carbocycles. The van der Waals surface area contributed by atoms with E-state index in [0.717, 1.165) is 18.8 Å². The average Bonchev–Trinajstić information content (AvgIpc) is 2.70. The number of nitrogens with zero attached hydrogens (tertiary/aromatic N) is 2. The fourth-order valence-corrected chi connectivity index (χ4v) is 1.64. The Morgan fingerprint density at radius 3 is 2.67 bits per heavy atom. The number of rotatable bonds is 6. The molecule has 1 heterocycles. The zero-order valence-corrected chi connectivity index (χ0v) is 9.10. The van der Waals surface area contributed by atoms with Crippen molar-refractivity contribution in [3.8, 4) is 0 Å². The maximum absolute atomic E-state index is 11.1. The predicted octanol–water partition coefficient (Wildman–Crippen LogP) is 0.747. The number of carboxylic acid groups (broad SMARTS) is 1. The molecule has 1 aromatic rings. The number of nitrogens with one attached hydrogen (secondary N) is 1. The molecule has 15 heavy (non-hydrogen) atoms. The van der Waals surface area contributed by atoms with Crippen LogP contribution in [0.3, 0.4) is 0 Å². The van der Waals surface area contributed by atoms with Crippen LogP contribution in [0, 0.1) is 0 Å². The van der Waals surface area contributed by atoms with Crippen molar-refractivity contribution in [1.29, 1.82) is 0 Å². The Morgan fingerprint density at radius 2 is 2.27 bits per heavy atom. The quantitative estimate of drug-likeness (QED) is 0.728. The third-order valence-electron chi connectivity index (χ3n) is 2.51. The molecule has 1 atom stereocenters. The van der Waals surface area contributed by atoms with Crippen molar-refractivity contribution in [3.63, 3.8) is 0 Å². The van der Waals surface area contributed by atoms with E-state index in [1.54, 1.807) is 12.5 Å². The summed E-state index contributed by atoms with van der Waals surface area (Å²) in [7, 11) is 0. The molecule has 0 amide bonds. The third kappa shape index (κ3) is 3.06. The number of carbonyl (C=O) groups is 1. The maximum atomic E-state index is 11.1. The Bertz CT molecular complexity index is 294. The largest absolute Gasteiger partial charge is 0.480 e. The van der Waals surface area contributed by atoms with Gasteiger partial charge in [0.05, 0.1) is 6.33 Å². The summed E-state index contributed by atoms with van der Waals surface area (Å²) in [6.45, 7) is 5.40. The van der Waals surface area contributed by atoms with Gasteiger partial charge in [0.25, 0.3) is 0 Å². The van der Waals surface area contributed by atoms with E-state index in [0.29, 0.717) is 6.42 Å². The van der Waals surface area contributed by atoms with Crippen molar-refractivity contribution in [3.05, 3.63) is 18.2 Å². The number of aromatic amines is 1. The Balaban J connectivity index is 2.70. The van der Waals surface area contributed by atoms with Crippen molar-refractivity contribution in [2.24, 2.45) is 0 Å². The lowest BCUT2D eigenvalue weighted by atomic mass is 10.1. The summed E-state index contributed by atoms with van der Waals surface area (Å²) in [6.07, 6.45) is 3.70. The van der Waals surface area contributed by atoms with Gasteiger partial charge in [0.1, 0.15) is 6.04 Å². The van der Waals surface area contributed by atoms with Gasteiger partial charge in [0.15, 0.2) is 0 Å². The van der Waals surface area contributed by atoms with Gasteiger partial charge in [-0.2, -0.15) is 0 Å². The topological polar surface area (TPSA) is 69.2 Å². The van der Waals surface area contributed by atoms with Crippen LogP contribution in [0.15, 0.2) is 12.5 Å². The second kappa shape index (κ2) is 5.50. The molecular formula is C10H17N3O2. The lowest BCUT2D eigenvalue weighted by Gasteiger charge is -2.25. The number of hydrogen-bond donors (Lipinski definition) is 2. The molecule has 0 aliphatic carbocycles. The van der Waals surface area contributed by atoms with Crippen LogP contribution in [-0.4, -0.2) is 45.1 Å². The highest BCUT2D eigenvalue weighted by molar-refractivity contribution is 5.73. The van der Waals surface area contributed by atoms with E-state index in [2.05, 4.69) is 9.97 Å². The Labute approximate surface area is 89.1 Å². The highest BCUT2D eigenvalue weighted by Gasteiger charge is 2.23. The van der Waals surface area contributed by atoms with Crippen molar-refractivity contribution in [1.82, 2.24) is 14.9 Å². The van der Waals surface area contributed by atoms with Crippen LogP contribution in [0.25, 0.3) is 0 Å². The normalized spacial score (nSPS) is 13.0. The van der Waals surface area contributed by atoms with Gasteiger partial charge in [0, 0.05) is 18.3 Å². The lowest BCUT2D eigenvalue weighted by Crippen LogP contribution is -2.42. The van der Waals surface area contributed by atoms with Crippen LogP contribution in [-0.2, 0) is 11.2 Å². The van der Waals surface area contributed by atoms with Gasteiger partial charge in [-0.15, -0.1) is 0 Å². The van der Waals surface area contributed by atoms with Gasteiger partial charge in [-0.25, -0.2) is 4.98 Å². The van der Waals surface area contributed by atoms with Crippen LogP contribution >= 0.6 is 0 Å². The van der Waals surface area contributed by atoms with Crippen LogP contribution in [0.4, 0.5) is 0 Å². The zero-order chi connectivity index (χ0) is 11.3. The van der Waals surface area contributed by atoms with Gasteiger partial charge < -0.3 is 10.1 Å². The zero-order valence-electron chi connectivity index (χ0n) is 9.10. The number of likely N-dealkylation sites (N-methyl/N-ethyl adjacent to an activating group) is 1. The fraction of sp³-hybridized carbons (Fsp3) is 0.600. The van der Waals surface area contributed by atoms with E-state index in [4.69, 9.17) is 5.11 Å². The SMILES string of the molecule is CCN(CC)C(Cc1cnc[nH]1)C(=O)O. The number of H-pyrrole nitrogens is 1. The number of hydrogen-bond acceptors (Lipinski definition) is 3. The first-order chi connectivity index (χ1) is 7.19. The lowest BCUT2D eigenvalue weighted by molar-refractivity contribution is -0.143. The van der Waals surface area contributed by atoms with E-state index in [9.17, 15) is 4.79 Å². The molecule has 0 aliphatic heterocycles. The smallest absolute Gasteiger partial charge is 0.321 e. The second-order valence-corrected chi connectivity index (χ2v) is 3.36. The molecule has 0 aromatic carbocycles. The fourth-order valence-electron chi connectivity index (χ4n) is 1.64. The van der Waals surface area contributed by atoms with Gasteiger partial charge in [-0.05, 0) is 13.1 Å². The number of aromatic nitrogens is 2. The molecule has 2 N–H and O–H groups in total. The molecule has 0 fully saturated rings. The standard InChI is InChI=1S/C10H17N3O2/c1-3-13(4-2)9(10(14)15)5-8-6-11-7-12-8/h6-7,9H,3-5H2,1-2H3,(H,11,12)(H,14,15). The van der Waals surface area contributed by atoms with E-state index in [1.165, 1.54) is 0 Å². The molecule has 1 unspecified atom stereocenters. The molecule has 1 rings (SSSR count). The first kappa shape index (κ1) is 11.7. The van der Waals surface area contributed by atoms with Crippen LogP contribution in [0.5, 0.6) is 0 Å². The Morgan fingerprint density at radius 1 is 1.60 bits per heavy atom. The molecule has 0 bridgehead atoms. The van der Waals surface area contributed by atoms with Gasteiger partial charge in [-0.1, -0.05) is 13.8 Å². The van der Waals surface area contributed by atoms with Crippen LogP contribution < -0.4 is 0 Å². The second-order valence-electron chi connectivity index (χ2n) is 3.36. The highest BCUT2D eigenvalue weighted by Crippen LogP contribution is 2.06. The third-order valence-corrected chi connectivity index (χ3v) is 2.51. The van der Waals surface area contributed by atoms with Crippen molar-refractivity contribution in [2.45, 2.75) is 26.3 Å². The van der Waals surface area contributed by atoms with Crippen molar-refractivity contribution < 1.29 is 9.90 Å². The van der Waals surface area contributed by atoms with E-state index >= 15 is 0 Å². The van der Waals surface area contributed by atoms with E-state index in [-0.39, 0.29) is 0 Å². The maximum Gasteiger partial charge on any atom is 0.321 e. The highest BCUT2D eigenvalue weighted by atomic mass is 16.4. The predicted molar refractivity (Wildman–Crippen MR) is 56.6 cm³/mol. The summed E-state index contributed by atoms with van der Waals surface area (Å²) >= 11 is 0. The molecule has 5 heteroatoms. The molecule has 0 aliphatic rings. The summed E-state index contributed by atoms with van der Waals surface area (Å²) in [5.74, 6) is -0.784. The minimum atomic E-state index is -0.784. The Kier molecular flexibility index (Phi) is 4.30. The molecule has 5 nitrogen and oxygen atoms in total. The van der Waals surface area contributed by atoms with E-state index in [1.807, 2.05) is 18.7 Å². The summed E-state index contributed by atoms with van der Waals surface area (Å²) in [5.41, 5.74) is 0.856. The molecule has 0 saturated heterocycles. The average molecular weight is 211 g/mol. The summed E-state index contributed by atoms with van der Waals surface area (Å²) in [5, 5.41) is 9.13. The minimum absolute atomic E-state index is 0.469. The first-order valence-corrected chi connectivity index (χ1v) is 5.13. The Hall–Kier alpha value is -1.36. The summed E-state index contributed by atoms with van der Waals surface area (Å²) < 4.78 is 0. The van der Waals surface area contributed by atoms with Gasteiger partial charge >= 0.3 is 5.97 Å². The van der Waals surface area contributed by atoms with E-state index < -0.39 is 12.0 Å². The number of carboxylic acids is 1. The molecule has 84 valence electrons. The number of aliphatic carboxylic acids is 1. The van der Waals surface area contributed by atoms with Crippen LogP contribution in [0.2, 0.25) is 0 Å². The molecule has 0 spiro atoms. The van der Waals surface area contributed by atoms with Gasteiger partial charge in [0.2, 0.25) is 0 Å². The summed E-state index contributed by atoms with van der Waals surface area (Å²) in [4.78, 5) is 19.8. The van der Waals surface area contributed by atoms with Crippen LogP contribution in [0.1, 0.15) is 19.5 Å². The molecule has 1 aromatic heterocycles. The molecule has 0 radical (unpaired) electrons. The molecular weight excluding hydrogens is 194 g/mol. The number of imidazole rings is 1. The van der Waals surface area contributed by atoms with Crippen molar-refractivity contribution in [2.75, 3.05) is 13.1 Å². The monoisotopic (exact) mass is 211 g/mol. The summed E-state index contributed by atoms with van der Waals surface area (Å²) in [6, 6.07) is -0.472. The van der Waals surface area contributed by atoms with Gasteiger partial charge in [-0.3, -0.25) is 9.69 Å².